The number of amides is 1. The zero-order valence-corrected chi connectivity index (χ0v) is 14.6. The lowest BCUT2D eigenvalue weighted by Gasteiger charge is -2.28. The molecule has 0 radical (unpaired) electrons. The molecule has 1 amide bonds. The Bertz CT molecular complexity index is 877. The highest BCUT2D eigenvalue weighted by molar-refractivity contribution is 9.10. The summed E-state index contributed by atoms with van der Waals surface area (Å²) < 4.78 is 11.9. The molecule has 0 bridgehead atoms. The molecule has 1 atom stereocenters. The molecule has 2 aliphatic heterocycles. The summed E-state index contributed by atoms with van der Waals surface area (Å²) in [6.07, 6.45) is 3.89. The van der Waals surface area contributed by atoms with E-state index in [0.29, 0.717) is 6.42 Å². The van der Waals surface area contributed by atoms with Gasteiger partial charge in [0.1, 0.15) is 0 Å². The second-order valence-electron chi connectivity index (χ2n) is 6.59. The Morgan fingerprint density at radius 3 is 2.58 bits per heavy atom. The summed E-state index contributed by atoms with van der Waals surface area (Å²) >= 11 is 3.65. The normalized spacial score (nSPS) is 20.5. The van der Waals surface area contributed by atoms with E-state index in [2.05, 4.69) is 33.4 Å². The lowest BCUT2D eigenvalue weighted by Crippen LogP contribution is -2.24. The monoisotopic (exact) mass is 385 g/mol. The maximum absolute atomic E-state index is 12.3. The van der Waals surface area contributed by atoms with E-state index in [1.807, 2.05) is 12.1 Å². The molecular formula is C19H16BrNO3. The van der Waals surface area contributed by atoms with E-state index in [9.17, 15) is 4.79 Å². The molecule has 4 nitrogen and oxygen atoms in total. The number of carbonyl (C=O) groups is 1. The molecular weight excluding hydrogens is 370 g/mol. The van der Waals surface area contributed by atoms with E-state index in [1.54, 1.807) is 0 Å². The third kappa shape index (κ3) is 2.14. The Morgan fingerprint density at radius 1 is 1.00 bits per heavy atom. The molecule has 24 heavy (non-hydrogen) atoms. The van der Waals surface area contributed by atoms with Crippen molar-refractivity contribution in [1.82, 2.24) is 0 Å². The molecule has 0 saturated carbocycles. The van der Waals surface area contributed by atoms with E-state index >= 15 is 0 Å². The van der Waals surface area contributed by atoms with Crippen molar-refractivity contribution < 1.29 is 14.3 Å². The summed E-state index contributed by atoms with van der Waals surface area (Å²) in [5.74, 6) is 1.60. The molecule has 5 heteroatoms. The van der Waals surface area contributed by atoms with Gasteiger partial charge < -0.3 is 14.8 Å². The number of hydrogen-bond donors (Lipinski definition) is 1. The van der Waals surface area contributed by atoms with Gasteiger partial charge in [0.2, 0.25) is 12.7 Å². The van der Waals surface area contributed by atoms with E-state index in [1.165, 1.54) is 23.1 Å². The molecule has 0 spiro atoms. The Balaban J connectivity index is 1.66. The van der Waals surface area contributed by atoms with E-state index in [0.717, 1.165) is 40.1 Å². The summed E-state index contributed by atoms with van der Waals surface area (Å²) in [7, 11) is 0. The van der Waals surface area contributed by atoms with Gasteiger partial charge in [-0.15, -0.1) is 0 Å². The molecule has 0 fully saturated rings. The standard InChI is InChI=1S/C19H16BrNO3/c20-15-8-18-17(23-9-24-18)6-13(15)12-7-19(22)21-16-5-11-3-1-2-10(11)4-14(12)16/h4-6,8,12H,1-3,7,9H2,(H,21,22)/t12-/m1/s1. The summed E-state index contributed by atoms with van der Waals surface area (Å²) in [4.78, 5) is 12.3. The van der Waals surface area contributed by atoms with Crippen LogP contribution in [-0.2, 0) is 17.6 Å². The number of aryl methyl sites for hydroxylation is 2. The minimum atomic E-state index is 0.0310. The molecule has 0 unspecified atom stereocenters. The number of rotatable bonds is 1. The first-order valence-corrected chi connectivity index (χ1v) is 9.03. The van der Waals surface area contributed by atoms with Gasteiger partial charge in [-0.05, 0) is 59.7 Å². The molecule has 5 rings (SSSR count). The zero-order valence-electron chi connectivity index (χ0n) is 13.0. The van der Waals surface area contributed by atoms with Crippen molar-refractivity contribution in [3.63, 3.8) is 0 Å². The smallest absolute Gasteiger partial charge is 0.231 e. The molecule has 1 aliphatic carbocycles. The minimum absolute atomic E-state index is 0.0310. The Kier molecular flexibility index (Phi) is 3.13. The van der Waals surface area contributed by atoms with Gasteiger partial charge in [0.05, 0.1) is 0 Å². The van der Waals surface area contributed by atoms with Crippen LogP contribution in [0.1, 0.15) is 41.0 Å². The van der Waals surface area contributed by atoms with Gasteiger partial charge in [0, 0.05) is 22.5 Å². The lowest BCUT2D eigenvalue weighted by atomic mass is 9.83. The zero-order chi connectivity index (χ0) is 16.3. The Hall–Kier alpha value is -2.01. The summed E-state index contributed by atoms with van der Waals surface area (Å²) in [6.45, 7) is 0.250. The number of benzene rings is 2. The number of anilines is 1. The maximum atomic E-state index is 12.3. The third-order valence-corrected chi connectivity index (χ3v) is 5.86. The molecule has 3 aliphatic rings. The third-order valence-electron chi connectivity index (χ3n) is 5.17. The molecule has 0 saturated heterocycles. The van der Waals surface area contributed by atoms with Crippen LogP contribution in [0, 0.1) is 0 Å². The SMILES string of the molecule is O=C1C[C@H](c2cc3c(cc2Br)OCO3)c2cc3c(cc2N1)CCC3. The number of hydrogen-bond acceptors (Lipinski definition) is 3. The van der Waals surface area contributed by atoms with Crippen molar-refractivity contribution in [1.29, 1.82) is 0 Å². The van der Waals surface area contributed by atoms with Crippen molar-refractivity contribution in [2.45, 2.75) is 31.6 Å². The highest BCUT2D eigenvalue weighted by Crippen LogP contribution is 2.46. The average Bonchev–Trinajstić information content (AvgIpc) is 3.19. The van der Waals surface area contributed by atoms with Crippen LogP contribution in [0.25, 0.3) is 0 Å². The fraction of sp³-hybridized carbons (Fsp3) is 0.316. The quantitative estimate of drug-likeness (QED) is 0.802. The molecule has 2 aromatic rings. The van der Waals surface area contributed by atoms with Crippen LogP contribution in [0.15, 0.2) is 28.7 Å². The summed E-state index contributed by atoms with van der Waals surface area (Å²) in [5, 5.41) is 3.05. The summed E-state index contributed by atoms with van der Waals surface area (Å²) in [5.41, 5.74) is 6.04. The van der Waals surface area contributed by atoms with Gasteiger partial charge in [-0.2, -0.15) is 0 Å². The summed E-state index contributed by atoms with van der Waals surface area (Å²) in [6, 6.07) is 8.41. The van der Waals surface area contributed by atoms with Gasteiger partial charge >= 0.3 is 0 Å². The highest BCUT2D eigenvalue weighted by atomic mass is 79.9. The van der Waals surface area contributed by atoms with Crippen LogP contribution in [0.5, 0.6) is 11.5 Å². The van der Waals surface area contributed by atoms with E-state index in [-0.39, 0.29) is 18.6 Å². The number of ether oxygens (including phenoxy) is 2. The molecule has 122 valence electrons. The molecule has 2 aromatic carbocycles. The van der Waals surface area contributed by atoms with Gasteiger partial charge in [0.15, 0.2) is 11.5 Å². The number of fused-ring (bicyclic) bond motifs is 3. The fourth-order valence-corrected chi connectivity index (χ4v) is 4.61. The lowest BCUT2D eigenvalue weighted by molar-refractivity contribution is -0.116. The van der Waals surface area contributed by atoms with Gasteiger partial charge in [-0.25, -0.2) is 0 Å². The second kappa shape index (κ2) is 5.24. The van der Waals surface area contributed by atoms with Crippen LogP contribution >= 0.6 is 15.9 Å². The minimum Gasteiger partial charge on any atom is -0.454 e. The Labute approximate surface area is 148 Å². The predicted octanol–water partition coefficient (Wildman–Crippen LogP) is 4.14. The highest BCUT2D eigenvalue weighted by Gasteiger charge is 2.31. The van der Waals surface area contributed by atoms with Gasteiger partial charge in [-0.1, -0.05) is 22.0 Å². The molecule has 1 N–H and O–H groups in total. The first kappa shape index (κ1) is 14.3. The molecule has 0 aromatic heterocycles. The molecule has 2 heterocycles. The first-order valence-electron chi connectivity index (χ1n) is 8.23. The van der Waals surface area contributed by atoms with E-state index < -0.39 is 0 Å². The van der Waals surface area contributed by atoms with Crippen LogP contribution in [0.4, 0.5) is 5.69 Å². The Morgan fingerprint density at radius 2 is 1.75 bits per heavy atom. The van der Waals surface area contributed by atoms with Gasteiger partial charge in [-0.3, -0.25) is 4.79 Å². The maximum Gasteiger partial charge on any atom is 0.231 e. The fourth-order valence-electron chi connectivity index (χ4n) is 4.01. The first-order chi connectivity index (χ1) is 11.7. The predicted molar refractivity (Wildman–Crippen MR) is 93.8 cm³/mol. The van der Waals surface area contributed by atoms with Crippen LogP contribution < -0.4 is 14.8 Å². The van der Waals surface area contributed by atoms with Crippen molar-refractivity contribution in [2.24, 2.45) is 0 Å². The van der Waals surface area contributed by atoms with Crippen molar-refractivity contribution in [2.75, 3.05) is 12.1 Å². The van der Waals surface area contributed by atoms with Crippen molar-refractivity contribution >= 4 is 27.5 Å². The van der Waals surface area contributed by atoms with Crippen molar-refractivity contribution in [3.8, 4) is 11.5 Å². The largest absolute Gasteiger partial charge is 0.454 e. The van der Waals surface area contributed by atoms with E-state index in [4.69, 9.17) is 9.47 Å². The van der Waals surface area contributed by atoms with Crippen LogP contribution in [-0.4, -0.2) is 12.7 Å². The number of halogens is 1. The van der Waals surface area contributed by atoms with Crippen molar-refractivity contribution in [3.05, 3.63) is 51.0 Å². The van der Waals surface area contributed by atoms with Crippen LogP contribution in [0.2, 0.25) is 0 Å². The van der Waals surface area contributed by atoms with Crippen LogP contribution in [0.3, 0.4) is 0 Å². The second-order valence-corrected chi connectivity index (χ2v) is 7.45. The number of nitrogens with one attached hydrogen (secondary N) is 1. The number of carbonyl (C=O) groups excluding carboxylic acids is 1. The average molecular weight is 386 g/mol. The topological polar surface area (TPSA) is 47.6 Å². The van der Waals surface area contributed by atoms with Gasteiger partial charge in [0.25, 0.3) is 0 Å².